The van der Waals surface area contributed by atoms with Crippen LogP contribution < -0.4 is 19.8 Å². The van der Waals surface area contributed by atoms with Gasteiger partial charge in [0, 0.05) is 5.69 Å². The van der Waals surface area contributed by atoms with E-state index < -0.39 is 29.1 Å². The smallest absolute Gasteiger partial charge is 0.416 e. The lowest BCUT2D eigenvalue weighted by atomic mass is 9.97. The molecule has 0 aliphatic carbocycles. The van der Waals surface area contributed by atoms with E-state index in [-0.39, 0.29) is 28.0 Å². The van der Waals surface area contributed by atoms with Crippen LogP contribution in [0.4, 0.5) is 18.9 Å². The highest BCUT2D eigenvalue weighted by molar-refractivity contribution is 6.10. The first-order valence-electron chi connectivity index (χ1n) is 11.5. The van der Waals surface area contributed by atoms with Crippen molar-refractivity contribution in [1.82, 2.24) is 0 Å². The molecule has 0 saturated heterocycles. The van der Waals surface area contributed by atoms with Gasteiger partial charge in [-0.3, -0.25) is 14.5 Å². The minimum atomic E-state index is -4.62. The van der Waals surface area contributed by atoms with Crippen LogP contribution in [0.3, 0.4) is 0 Å². The molecule has 2 heterocycles. The lowest BCUT2D eigenvalue weighted by Crippen LogP contribution is -2.29. The van der Waals surface area contributed by atoms with Gasteiger partial charge in [-0.25, -0.2) is 0 Å². The Labute approximate surface area is 209 Å². The van der Waals surface area contributed by atoms with Gasteiger partial charge in [0.15, 0.2) is 16.9 Å². The number of halogens is 3. The van der Waals surface area contributed by atoms with Crippen molar-refractivity contribution >= 4 is 22.6 Å². The predicted octanol–water partition coefficient (Wildman–Crippen LogP) is 6.28. The van der Waals surface area contributed by atoms with Crippen LogP contribution in [0.2, 0.25) is 0 Å². The molecule has 1 atom stereocenters. The van der Waals surface area contributed by atoms with Crippen molar-refractivity contribution in [3.8, 4) is 11.5 Å². The molecule has 0 spiro atoms. The molecular formula is C28H22F3NO5. The van der Waals surface area contributed by atoms with Crippen LogP contribution in [0, 0.1) is 6.92 Å². The summed E-state index contributed by atoms with van der Waals surface area (Å²) in [6, 6.07) is 13.3. The first-order valence-corrected chi connectivity index (χ1v) is 11.5. The summed E-state index contributed by atoms with van der Waals surface area (Å²) < 4.78 is 57.6. The molecule has 37 heavy (non-hydrogen) atoms. The fourth-order valence-electron chi connectivity index (χ4n) is 4.63. The van der Waals surface area contributed by atoms with Crippen LogP contribution in [0.5, 0.6) is 11.5 Å². The lowest BCUT2D eigenvalue weighted by molar-refractivity contribution is -0.137. The monoisotopic (exact) mass is 509 g/mol. The van der Waals surface area contributed by atoms with Gasteiger partial charge in [-0.05, 0) is 61.9 Å². The fourth-order valence-corrected chi connectivity index (χ4v) is 4.63. The SMILES string of the molecule is CCOc1ccc(C2c3c(oc4ccc(C)cc4c3=O)C(=O)N2c2cccc(C(F)(F)F)c2)cc1OC. The Morgan fingerprint density at radius 3 is 2.49 bits per heavy atom. The quantitative estimate of drug-likeness (QED) is 0.317. The lowest BCUT2D eigenvalue weighted by Gasteiger charge is -2.26. The molecule has 9 heteroatoms. The zero-order valence-electron chi connectivity index (χ0n) is 20.2. The second kappa shape index (κ2) is 8.99. The van der Waals surface area contributed by atoms with E-state index >= 15 is 0 Å². The third-order valence-electron chi connectivity index (χ3n) is 6.28. The number of alkyl halides is 3. The number of rotatable bonds is 5. The zero-order chi connectivity index (χ0) is 26.5. The Hall–Kier alpha value is -4.27. The second-order valence-electron chi connectivity index (χ2n) is 8.64. The number of carbonyl (C=O) groups excluding carboxylic acids is 1. The molecule has 3 aromatic carbocycles. The third kappa shape index (κ3) is 4.10. The summed E-state index contributed by atoms with van der Waals surface area (Å²) in [6.45, 7) is 4.01. The number of aryl methyl sites for hydroxylation is 1. The number of fused-ring (bicyclic) bond motifs is 2. The number of methoxy groups -OCH3 is 1. The first kappa shape index (κ1) is 24.4. The second-order valence-corrected chi connectivity index (χ2v) is 8.64. The van der Waals surface area contributed by atoms with Crippen LogP contribution in [0.25, 0.3) is 11.0 Å². The Morgan fingerprint density at radius 1 is 1.00 bits per heavy atom. The van der Waals surface area contributed by atoms with Gasteiger partial charge in [0.1, 0.15) is 5.58 Å². The van der Waals surface area contributed by atoms with Crippen molar-refractivity contribution in [3.05, 3.63) is 98.9 Å². The molecule has 0 radical (unpaired) electrons. The molecule has 1 aliphatic heterocycles. The summed E-state index contributed by atoms with van der Waals surface area (Å²) in [4.78, 5) is 28.6. The summed E-state index contributed by atoms with van der Waals surface area (Å²) >= 11 is 0. The molecule has 0 saturated carbocycles. The number of hydrogen-bond acceptors (Lipinski definition) is 5. The number of ether oxygens (including phenoxy) is 2. The van der Waals surface area contributed by atoms with Gasteiger partial charge in [-0.1, -0.05) is 23.8 Å². The molecule has 0 N–H and O–H groups in total. The highest BCUT2D eigenvalue weighted by atomic mass is 19.4. The number of hydrogen-bond donors (Lipinski definition) is 0. The van der Waals surface area contributed by atoms with Crippen LogP contribution in [0.15, 0.2) is 69.9 Å². The van der Waals surface area contributed by atoms with E-state index in [9.17, 15) is 22.8 Å². The Bertz CT molecular complexity index is 1590. The van der Waals surface area contributed by atoms with E-state index in [0.29, 0.717) is 23.7 Å². The van der Waals surface area contributed by atoms with Crippen molar-refractivity contribution in [1.29, 1.82) is 0 Å². The molecule has 4 aromatic rings. The predicted molar refractivity (Wildman–Crippen MR) is 131 cm³/mol. The number of amides is 1. The van der Waals surface area contributed by atoms with Crippen molar-refractivity contribution < 1.29 is 31.9 Å². The molecule has 0 bridgehead atoms. The van der Waals surface area contributed by atoms with E-state index in [4.69, 9.17) is 13.9 Å². The van der Waals surface area contributed by atoms with Gasteiger partial charge >= 0.3 is 6.18 Å². The highest BCUT2D eigenvalue weighted by Gasteiger charge is 2.44. The van der Waals surface area contributed by atoms with Crippen LogP contribution >= 0.6 is 0 Å². The van der Waals surface area contributed by atoms with E-state index in [0.717, 1.165) is 22.6 Å². The molecule has 6 nitrogen and oxygen atoms in total. The molecule has 190 valence electrons. The average molecular weight is 509 g/mol. The van der Waals surface area contributed by atoms with Crippen molar-refractivity contribution in [2.75, 3.05) is 18.6 Å². The van der Waals surface area contributed by atoms with E-state index in [1.165, 1.54) is 19.2 Å². The Kier molecular flexibility index (Phi) is 5.94. The number of carbonyl (C=O) groups is 1. The molecule has 5 rings (SSSR count). The van der Waals surface area contributed by atoms with Crippen LogP contribution in [-0.2, 0) is 6.18 Å². The normalized spacial score (nSPS) is 15.2. The van der Waals surface area contributed by atoms with Crippen molar-refractivity contribution in [2.24, 2.45) is 0 Å². The average Bonchev–Trinajstić information content (AvgIpc) is 3.17. The van der Waals surface area contributed by atoms with Crippen LogP contribution in [0.1, 0.15) is 45.8 Å². The molecule has 1 aliphatic rings. The minimum Gasteiger partial charge on any atom is -0.493 e. The highest BCUT2D eigenvalue weighted by Crippen LogP contribution is 2.44. The zero-order valence-corrected chi connectivity index (χ0v) is 20.2. The number of benzene rings is 3. The van der Waals surface area contributed by atoms with Gasteiger partial charge in [-0.15, -0.1) is 0 Å². The summed E-state index contributed by atoms with van der Waals surface area (Å²) in [5.74, 6) is -0.126. The molecule has 1 aromatic heterocycles. The molecule has 1 amide bonds. The van der Waals surface area contributed by atoms with Crippen LogP contribution in [-0.4, -0.2) is 19.6 Å². The molecule has 0 fully saturated rings. The van der Waals surface area contributed by atoms with Crippen molar-refractivity contribution in [2.45, 2.75) is 26.1 Å². The summed E-state index contributed by atoms with van der Waals surface area (Å²) in [5.41, 5.74) is 0.159. The maximum Gasteiger partial charge on any atom is 0.416 e. The molecular weight excluding hydrogens is 487 g/mol. The Morgan fingerprint density at radius 2 is 1.78 bits per heavy atom. The van der Waals surface area contributed by atoms with Gasteiger partial charge in [0.25, 0.3) is 5.91 Å². The van der Waals surface area contributed by atoms with E-state index in [2.05, 4.69) is 0 Å². The van der Waals surface area contributed by atoms with Gasteiger partial charge in [0.05, 0.1) is 36.3 Å². The Balaban J connectivity index is 1.79. The third-order valence-corrected chi connectivity index (χ3v) is 6.28. The largest absolute Gasteiger partial charge is 0.493 e. The fraction of sp³-hybridized carbons (Fsp3) is 0.214. The summed E-state index contributed by atoms with van der Waals surface area (Å²) in [6.07, 6.45) is -4.62. The van der Waals surface area contributed by atoms with E-state index in [1.807, 2.05) is 13.8 Å². The van der Waals surface area contributed by atoms with Crippen molar-refractivity contribution in [3.63, 3.8) is 0 Å². The topological polar surface area (TPSA) is 69.0 Å². The summed E-state index contributed by atoms with van der Waals surface area (Å²) in [7, 11) is 1.45. The van der Waals surface area contributed by atoms with Gasteiger partial charge < -0.3 is 13.9 Å². The van der Waals surface area contributed by atoms with Gasteiger partial charge in [-0.2, -0.15) is 13.2 Å². The number of nitrogens with zero attached hydrogens (tertiary/aromatic N) is 1. The van der Waals surface area contributed by atoms with Gasteiger partial charge in [0.2, 0.25) is 5.76 Å². The maximum atomic E-state index is 13.8. The van der Waals surface area contributed by atoms with E-state index in [1.54, 1.807) is 36.4 Å². The molecule has 1 unspecified atom stereocenters. The standard InChI is InChI=1S/C28H22F3NO5/c1-4-36-21-11-9-16(13-22(21)35-3)24-23-25(33)19-12-15(2)8-10-20(19)37-26(23)27(34)32(24)18-7-5-6-17(14-18)28(29,30)31/h5-14,24H,4H2,1-3H3. The summed E-state index contributed by atoms with van der Waals surface area (Å²) in [5, 5.41) is 0.278. The number of anilines is 1. The maximum absolute atomic E-state index is 13.8. The first-order chi connectivity index (χ1) is 17.6. The minimum absolute atomic E-state index is 0.0243.